The summed E-state index contributed by atoms with van der Waals surface area (Å²) in [5, 5.41) is 0. The van der Waals surface area contributed by atoms with Crippen LogP contribution in [0.3, 0.4) is 0 Å². The lowest BCUT2D eigenvalue weighted by atomic mass is 10.0. The van der Waals surface area contributed by atoms with Crippen LogP contribution in [-0.4, -0.2) is 25.2 Å². The molecule has 1 saturated heterocycles. The molecule has 0 aromatic rings. The lowest BCUT2D eigenvalue weighted by Crippen LogP contribution is -2.28. The fourth-order valence-electron chi connectivity index (χ4n) is 1.37. The van der Waals surface area contributed by atoms with E-state index in [2.05, 4.69) is 0 Å². The summed E-state index contributed by atoms with van der Waals surface area (Å²) in [6.07, 6.45) is 1.73. The first-order valence-electron chi connectivity index (χ1n) is 4.06. The smallest absolute Gasteiger partial charge is 0.312 e. The van der Waals surface area contributed by atoms with Gasteiger partial charge in [0.1, 0.15) is 13.2 Å². The van der Waals surface area contributed by atoms with Crippen molar-refractivity contribution >= 4 is 11.9 Å². The van der Waals surface area contributed by atoms with Crippen LogP contribution in [0.4, 0.5) is 0 Å². The molecule has 2 fully saturated rings. The van der Waals surface area contributed by atoms with Crippen molar-refractivity contribution < 1.29 is 19.1 Å². The van der Waals surface area contributed by atoms with Crippen LogP contribution in [0.15, 0.2) is 0 Å². The number of carbonyl (C=O) groups excluding carboxylic acids is 2. The topological polar surface area (TPSA) is 52.6 Å². The molecule has 4 heteroatoms. The number of hydrogen-bond acceptors (Lipinski definition) is 4. The summed E-state index contributed by atoms with van der Waals surface area (Å²) in [5.74, 6) is -0.497. The highest BCUT2D eigenvalue weighted by Gasteiger charge is 2.53. The third-order valence-corrected chi connectivity index (χ3v) is 2.35. The van der Waals surface area contributed by atoms with Crippen molar-refractivity contribution in [2.24, 2.45) is 5.41 Å². The van der Waals surface area contributed by atoms with E-state index in [0.717, 1.165) is 12.8 Å². The van der Waals surface area contributed by atoms with Crippen LogP contribution in [0.25, 0.3) is 0 Å². The van der Waals surface area contributed by atoms with Gasteiger partial charge in [-0.3, -0.25) is 9.59 Å². The first-order chi connectivity index (χ1) is 5.73. The Bertz CT molecular complexity index is 229. The van der Waals surface area contributed by atoms with E-state index in [1.807, 2.05) is 0 Å². The molecule has 2 aliphatic rings. The molecule has 0 aromatic heterocycles. The second-order valence-electron chi connectivity index (χ2n) is 3.31. The zero-order valence-corrected chi connectivity index (χ0v) is 6.67. The van der Waals surface area contributed by atoms with Crippen LogP contribution >= 0.6 is 0 Å². The first kappa shape index (κ1) is 7.58. The molecule has 1 aliphatic heterocycles. The molecule has 0 amide bonds. The minimum absolute atomic E-state index is 0.195. The van der Waals surface area contributed by atoms with Crippen molar-refractivity contribution in [2.75, 3.05) is 13.2 Å². The minimum atomic E-state index is -0.502. The normalized spacial score (nSPS) is 27.0. The second kappa shape index (κ2) is 2.47. The van der Waals surface area contributed by atoms with Crippen LogP contribution in [0.2, 0.25) is 0 Å². The minimum Gasteiger partial charge on any atom is -0.462 e. The average molecular weight is 170 g/mol. The van der Waals surface area contributed by atoms with Crippen molar-refractivity contribution in [3.05, 3.63) is 0 Å². The third kappa shape index (κ3) is 1.17. The van der Waals surface area contributed by atoms with Gasteiger partial charge in [0.05, 0.1) is 11.8 Å². The van der Waals surface area contributed by atoms with E-state index in [4.69, 9.17) is 9.47 Å². The monoisotopic (exact) mass is 170 g/mol. The van der Waals surface area contributed by atoms with E-state index in [-0.39, 0.29) is 31.6 Å². The van der Waals surface area contributed by atoms with Gasteiger partial charge in [0.15, 0.2) is 0 Å². The van der Waals surface area contributed by atoms with Gasteiger partial charge in [0.2, 0.25) is 0 Å². The van der Waals surface area contributed by atoms with Gasteiger partial charge in [-0.05, 0) is 12.8 Å². The zero-order valence-electron chi connectivity index (χ0n) is 6.67. The Balaban J connectivity index is 2.09. The Morgan fingerprint density at radius 3 is 2.42 bits per heavy atom. The van der Waals surface area contributed by atoms with E-state index < -0.39 is 5.41 Å². The zero-order chi connectivity index (χ0) is 8.60. The third-order valence-electron chi connectivity index (χ3n) is 2.35. The Morgan fingerprint density at radius 2 is 1.75 bits per heavy atom. The molecule has 1 heterocycles. The quantitative estimate of drug-likeness (QED) is 0.489. The maximum atomic E-state index is 11.3. The molecule has 1 spiro atoms. The van der Waals surface area contributed by atoms with Gasteiger partial charge in [0, 0.05) is 0 Å². The lowest BCUT2D eigenvalue weighted by molar-refractivity contribution is -0.165. The van der Waals surface area contributed by atoms with Gasteiger partial charge in [0.25, 0.3) is 0 Å². The average Bonchev–Trinajstić information content (AvgIpc) is 2.77. The molecule has 0 radical (unpaired) electrons. The SMILES string of the molecule is O=C1CC2(CC2)C(=O)OCCO1. The molecule has 12 heavy (non-hydrogen) atoms. The molecule has 4 nitrogen and oxygen atoms in total. The standard InChI is InChI=1S/C8H10O4/c9-6-5-8(1-2-8)7(10)12-4-3-11-6/h1-5H2. The predicted molar refractivity (Wildman–Crippen MR) is 38.2 cm³/mol. The fourth-order valence-corrected chi connectivity index (χ4v) is 1.37. The number of carbonyl (C=O) groups is 2. The maximum absolute atomic E-state index is 11.3. The molecule has 1 saturated carbocycles. The molecular formula is C8H10O4. The largest absolute Gasteiger partial charge is 0.462 e. The number of cyclic esters (lactones) is 2. The first-order valence-corrected chi connectivity index (χ1v) is 4.06. The number of hydrogen-bond donors (Lipinski definition) is 0. The second-order valence-corrected chi connectivity index (χ2v) is 3.31. The van der Waals surface area contributed by atoms with Crippen molar-refractivity contribution in [3.63, 3.8) is 0 Å². The van der Waals surface area contributed by atoms with Crippen molar-refractivity contribution in [3.8, 4) is 0 Å². The summed E-state index contributed by atoms with van der Waals surface area (Å²) in [4.78, 5) is 22.3. The molecule has 66 valence electrons. The Kier molecular flexibility index (Phi) is 1.56. The van der Waals surface area contributed by atoms with E-state index in [0.29, 0.717) is 0 Å². The van der Waals surface area contributed by atoms with Gasteiger partial charge < -0.3 is 9.47 Å². The Hall–Kier alpha value is -1.06. The number of ether oxygens (including phenoxy) is 2. The van der Waals surface area contributed by atoms with Gasteiger partial charge in [-0.1, -0.05) is 0 Å². The van der Waals surface area contributed by atoms with E-state index >= 15 is 0 Å². The molecule has 0 aromatic carbocycles. The molecule has 2 rings (SSSR count). The number of esters is 2. The van der Waals surface area contributed by atoms with Crippen molar-refractivity contribution in [2.45, 2.75) is 19.3 Å². The molecule has 0 atom stereocenters. The van der Waals surface area contributed by atoms with Crippen molar-refractivity contribution in [1.82, 2.24) is 0 Å². The van der Waals surface area contributed by atoms with Crippen LogP contribution in [0, 0.1) is 5.41 Å². The highest BCUT2D eigenvalue weighted by atomic mass is 16.6. The van der Waals surface area contributed by atoms with Crippen LogP contribution in [-0.2, 0) is 19.1 Å². The highest BCUT2D eigenvalue weighted by Crippen LogP contribution is 2.50. The molecular weight excluding hydrogens is 160 g/mol. The van der Waals surface area contributed by atoms with Gasteiger partial charge >= 0.3 is 11.9 Å². The van der Waals surface area contributed by atoms with Gasteiger partial charge in [-0.25, -0.2) is 0 Å². The summed E-state index contributed by atoms with van der Waals surface area (Å²) in [6.45, 7) is 0.396. The molecule has 0 unspecified atom stereocenters. The van der Waals surface area contributed by atoms with E-state index in [1.165, 1.54) is 0 Å². The predicted octanol–water partition coefficient (Wildman–Crippen LogP) is 0.257. The van der Waals surface area contributed by atoms with E-state index in [1.54, 1.807) is 0 Å². The fraction of sp³-hybridized carbons (Fsp3) is 0.750. The molecule has 0 bridgehead atoms. The number of rotatable bonds is 0. The van der Waals surface area contributed by atoms with Crippen LogP contribution in [0.5, 0.6) is 0 Å². The van der Waals surface area contributed by atoms with Gasteiger partial charge in [-0.15, -0.1) is 0 Å². The Morgan fingerprint density at radius 1 is 1.08 bits per heavy atom. The van der Waals surface area contributed by atoms with E-state index in [9.17, 15) is 9.59 Å². The summed E-state index contributed by atoms with van der Waals surface area (Å²) >= 11 is 0. The molecule has 0 N–H and O–H groups in total. The Labute approximate surface area is 69.8 Å². The lowest BCUT2D eigenvalue weighted by Gasteiger charge is -2.17. The van der Waals surface area contributed by atoms with Gasteiger partial charge in [-0.2, -0.15) is 0 Å². The summed E-state index contributed by atoms with van der Waals surface area (Å²) < 4.78 is 9.68. The maximum Gasteiger partial charge on any atom is 0.312 e. The van der Waals surface area contributed by atoms with Crippen LogP contribution in [0.1, 0.15) is 19.3 Å². The summed E-state index contributed by atoms with van der Waals surface area (Å²) in [7, 11) is 0. The molecule has 1 aliphatic carbocycles. The van der Waals surface area contributed by atoms with Crippen molar-refractivity contribution in [1.29, 1.82) is 0 Å². The highest BCUT2D eigenvalue weighted by molar-refractivity contribution is 5.86. The summed E-state index contributed by atoms with van der Waals surface area (Å²) in [6, 6.07) is 0. The summed E-state index contributed by atoms with van der Waals surface area (Å²) in [5.41, 5.74) is -0.502. The van der Waals surface area contributed by atoms with Crippen LogP contribution < -0.4 is 0 Å².